The maximum Gasteiger partial charge on any atom is 0.308 e. The highest BCUT2D eigenvalue weighted by Gasteiger charge is 2.40. The Hall–Kier alpha value is -2.10. The van der Waals surface area contributed by atoms with Gasteiger partial charge in [0.1, 0.15) is 0 Å². The summed E-state index contributed by atoms with van der Waals surface area (Å²) in [5.74, 6) is -4.25. The molecule has 0 saturated carbocycles. The molecule has 2 rings (SSSR count). The first kappa shape index (κ1) is 12.4. The molecule has 1 aliphatic rings. The number of allylic oxidation sites excluding steroid dienone is 2. The van der Waals surface area contributed by atoms with Gasteiger partial charge in [-0.15, -0.1) is 0 Å². The topological polar surface area (TPSA) is 74.6 Å². The first-order valence-electron chi connectivity index (χ1n) is 5.78. The van der Waals surface area contributed by atoms with E-state index < -0.39 is 23.8 Å². The van der Waals surface area contributed by atoms with Gasteiger partial charge in [0, 0.05) is 5.92 Å². The van der Waals surface area contributed by atoms with Crippen LogP contribution in [-0.4, -0.2) is 22.2 Å². The normalized spacial score (nSPS) is 26.8. The molecule has 2 N–H and O–H groups in total. The predicted molar refractivity (Wildman–Crippen MR) is 65.2 cm³/mol. The number of benzene rings is 1. The van der Waals surface area contributed by atoms with Crippen LogP contribution < -0.4 is 0 Å². The van der Waals surface area contributed by atoms with E-state index in [0.717, 1.165) is 5.56 Å². The third kappa shape index (κ3) is 2.27. The SMILES string of the molecule is O=C(O)[C@@H]1[C@@H](C(=O)O)CC=C[C@@H]1c1ccccc1. The van der Waals surface area contributed by atoms with Crippen LogP contribution in [0.4, 0.5) is 0 Å². The lowest BCUT2D eigenvalue weighted by Gasteiger charge is -2.29. The summed E-state index contributed by atoms with van der Waals surface area (Å²) in [6.45, 7) is 0. The van der Waals surface area contributed by atoms with E-state index in [9.17, 15) is 14.7 Å². The van der Waals surface area contributed by atoms with Gasteiger partial charge in [-0.2, -0.15) is 0 Å². The van der Waals surface area contributed by atoms with Crippen molar-refractivity contribution in [2.75, 3.05) is 0 Å². The van der Waals surface area contributed by atoms with Crippen molar-refractivity contribution in [3.05, 3.63) is 48.0 Å². The van der Waals surface area contributed by atoms with Crippen LogP contribution in [0.25, 0.3) is 0 Å². The van der Waals surface area contributed by atoms with E-state index in [-0.39, 0.29) is 12.3 Å². The van der Waals surface area contributed by atoms with Crippen molar-refractivity contribution < 1.29 is 19.8 Å². The van der Waals surface area contributed by atoms with E-state index in [4.69, 9.17) is 5.11 Å². The second kappa shape index (κ2) is 5.04. The Kier molecular flexibility index (Phi) is 3.46. The molecule has 94 valence electrons. The van der Waals surface area contributed by atoms with Gasteiger partial charge in [-0.25, -0.2) is 0 Å². The van der Waals surface area contributed by atoms with Crippen molar-refractivity contribution in [1.82, 2.24) is 0 Å². The summed E-state index contributed by atoms with van der Waals surface area (Å²) in [5.41, 5.74) is 0.840. The summed E-state index contributed by atoms with van der Waals surface area (Å²) in [7, 11) is 0. The maximum absolute atomic E-state index is 11.4. The molecule has 0 bridgehead atoms. The fourth-order valence-electron chi connectivity index (χ4n) is 2.46. The Bertz CT molecular complexity index is 478. The van der Waals surface area contributed by atoms with Crippen LogP contribution in [0.5, 0.6) is 0 Å². The summed E-state index contributed by atoms with van der Waals surface area (Å²) in [5, 5.41) is 18.4. The molecule has 1 aromatic rings. The Morgan fingerprint density at radius 1 is 1.06 bits per heavy atom. The predicted octanol–water partition coefficient (Wildman–Crippen LogP) is 2.13. The number of carboxylic acid groups (broad SMARTS) is 2. The zero-order valence-corrected chi connectivity index (χ0v) is 9.69. The second-order valence-electron chi connectivity index (χ2n) is 4.41. The number of carboxylic acids is 2. The van der Waals surface area contributed by atoms with Gasteiger partial charge in [0.05, 0.1) is 11.8 Å². The number of hydrogen-bond acceptors (Lipinski definition) is 2. The Morgan fingerprint density at radius 3 is 2.28 bits per heavy atom. The van der Waals surface area contributed by atoms with Crippen LogP contribution in [-0.2, 0) is 9.59 Å². The Labute approximate surface area is 105 Å². The quantitative estimate of drug-likeness (QED) is 0.801. The van der Waals surface area contributed by atoms with Crippen molar-refractivity contribution in [2.24, 2.45) is 11.8 Å². The minimum atomic E-state index is -1.05. The Morgan fingerprint density at radius 2 is 1.72 bits per heavy atom. The molecule has 18 heavy (non-hydrogen) atoms. The molecule has 0 spiro atoms. The van der Waals surface area contributed by atoms with Crippen LogP contribution in [0.3, 0.4) is 0 Å². The smallest absolute Gasteiger partial charge is 0.308 e. The third-order valence-corrected chi connectivity index (χ3v) is 3.34. The minimum Gasteiger partial charge on any atom is -0.481 e. The van der Waals surface area contributed by atoms with Gasteiger partial charge in [-0.3, -0.25) is 9.59 Å². The van der Waals surface area contributed by atoms with E-state index in [1.807, 2.05) is 30.3 Å². The molecule has 1 aliphatic carbocycles. The maximum atomic E-state index is 11.4. The monoisotopic (exact) mass is 246 g/mol. The number of carbonyl (C=O) groups is 2. The van der Waals surface area contributed by atoms with Crippen LogP contribution in [0, 0.1) is 11.8 Å². The first-order valence-corrected chi connectivity index (χ1v) is 5.78. The zero-order valence-electron chi connectivity index (χ0n) is 9.69. The summed E-state index contributed by atoms with van der Waals surface area (Å²) in [6.07, 6.45) is 3.83. The highest BCUT2D eigenvalue weighted by atomic mass is 16.4. The van der Waals surface area contributed by atoms with Crippen molar-refractivity contribution in [3.63, 3.8) is 0 Å². The third-order valence-electron chi connectivity index (χ3n) is 3.34. The van der Waals surface area contributed by atoms with Crippen LogP contribution >= 0.6 is 0 Å². The van der Waals surface area contributed by atoms with Crippen molar-refractivity contribution >= 4 is 11.9 Å². The second-order valence-corrected chi connectivity index (χ2v) is 4.41. The van der Waals surface area contributed by atoms with Crippen LogP contribution in [0.2, 0.25) is 0 Å². The van der Waals surface area contributed by atoms with E-state index in [0.29, 0.717) is 0 Å². The largest absolute Gasteiger partial charge is 0.481 e. The fourth-order valence-corrected chi connectivity index (χ4v) is 2.46. The van der Waals surface area contributed by atoms with Gasteiger partial charge in [-0.1, -0.05) is 42.5 Å². The van der Waals surface area contributed by atoms with Gasteiger partial charge in [0.25, 0.3) is 0 Å². The summed E-state index contributed by atoms with van der Waals surface area (Å²) < 4.78 is 0. The van der Waals surface area contributed by atoms with E-state index >= 15 is 0 Å². The highest BCUT2D eigenvalue weighted by molar-refractivity contribution is 5.81. The molecule has 3 atom stereocenters. The Balaban J connectivity index is 2.39. The van der Waals surface area contributed by atoms with Crippen molar-refractivity contribution in [3.8, 4) is 0 Å². The zero-order chi connectivity index (χ0) is 13.1. The van der Waals surface area contributed by atoms with E-state index in [2.05, 4.69) is 0 Å². The van der Waals surface area contributed by atoms with Gasteiger partial charge < -0.3 is 10.2 Å². The van der Waals surface area contributed by atoms with E-state index in [1.54, 1.807) is 12.2 Å². The lowest BCUT2D eigenvalue weighted by Crippen LogP contribution is -2.35. The number of rotatable bonds is 3. The van der Waals surface area contributed by atoms with Crippen molar-refractivity contribution in [2.45, 2.75) is 12.3 Å². The number of hydrogen-bond donors (Lipinski definition) is 2. The lowest BCUT2D eigenvalue weighted by atomic mass is 9.73. The summed E-state index contributed by atoms with van der Waals surface area (Å²) >= 11 is 0. The molecule has 0 aromatic heterocycles. The molecule has 0 radical (unpaired) electrons. The van der Waals surface area contributed by atoms with E-state index in [1.165, 1.54) is 0 Å². The molecule has 0 heterocycles. The highest BCUT2D eigenvalue weighted by Crippen LogP contribution is 2.37. The molecule has 0 fully saturated rings. The van der Waals surface area contributed by atoms with Crippen LogP contribution in [0.1, 0.15) is 17.9 Å². The summed E-state index contributed by atoms with van der Waals surface area (Å²) in [4.78, 5) is 22.5. The average Bonchev–Trinajstić information content (AvgIpc) is 2.38. The molecule has 0 amide bonds. The molecular weight excluding hydrogens is 232 g/mol. The summed E-state index contributed by atoms with van der Waals surface area (Å²) in [6, 6.07) is 9.16. The standard InChI is InChI=1S/C14H14O4/c15-13(16)11-8-4-7-10(12(11)14(17)18)9-5-2-1-3-6-9/h1-7,10-12H,8H2,(H,15,16)(H,17,18)/t10-,11+,12+/m1/s1. The molecule has 4 heteroatoms. The molecule has 1 aromatic carbocycles. The van der Waals surface area contributed by atoms with Gasteiger partial charge in [-0.05, 0) is 12.0 Å². The first-order chi connectivity index (χ1) is 8.61. The lowest BCUT2D eigenvalue weighted by molar-refractivity contribution is -0.154. The average molecular weight is 246 g/mol. The van der Waals surface area contributed by atoms with Gasteiger partial charge in [0.15, 0.2) is 0 Å². The molecule has 0 unspecified atom stereocenters. The van der Waals surface area contributed by atoms with Crippen LogP contribution in [0.15, 0.2) is 42.5 Å². The molecule has 0 aliphatic heterocycles. The molecule has 0 saturated heterocycles. The van der Waals surface area contributed by atoms with Crippen molar-refractivity contribution in [1.29, 1.82) is 0 Å². The number of aliphatic carboxylic acids is 2. The fraction of sp³-hybridized carbons (Fsp3) is 0.286. The van der Waals surface area contributed by atoms with Gasteiger partial charge >= 0.3 is 11.9 Å². The molecular formula is C14H14O4. The molecule has 4 nitrogen and oxygen atoms in total. The van der Waals surface area contributed by atoms with Gasteiger partial charge in [0.2, 0.25) is 0 Å². The minimum absolute atomic E-state index is 0.273.